The molecule has 0 fully saturated rings. The van der Waals surface area contributed by atoms with Gasteiger partial charge in [0.25, 0.3) is 0 Å². The summed E-state index contributed by atoms with van der Waals surface area (Å²) in [4.78, 5) is 0. The minimum atomic E-state index is -3.15. The van der Waals surface area contributed by atoms with Gasteiger partial charge in [0.15, 0.2) is 0 Å². The molecule has 0 aromatic heterocycles. The molecule has 150 valence electrons. The van der Waals surface area contributed by atoms with Crippen LogP contribution in [-0.2, 0) is 17.1 Å². The molecule has 0 amide bonds. The summed E-state index contributed by atoms with van der Waals surface area (Å²) in [5.74, 6) is 0. The van der Waals surface area contributed by atoms with Gasteiger partial charge in [-0.25, -0.2) is 0 Å². The summed E-state index contributed by atoms with van der Waals surface area (Å²) < 4.78 is 9.34. The molecule has 0 atom stereocenters. The Labute approximate surface area is 177 Å². The van der Waals surface area contributed by atoms with E-state index in [9.17, 15) is 0 Å². The Morgan fingerprint density at radius 2 is 1.12 bits per heavy atom. The second-order valence-electron chi connectivity index (χ2n) is 8.86. The van der Waals surface area contributed by atoms with Crippen LogP contribution in [0.5, 0.6) is 0 Å². The molecule has 0 spiro atoms. The molecule has 0 bridgehead atoms. The fraction of sp³-hybridized carbons (Fsp3) is 0.636. The Morgan fingerprint density at radius 1 is 0.769 bits per heavy atom. The van der Waals surface area contributed by atoms with E-state index in [0.29, 0.717) is 0 Å². The van der Waals surface area contributed by atoms with Gasteiger partial charge >= 0.3 is 154 Å². The van der Waals surface area contributed by atoms with Gasteiger partial charge in [-0.1, -0.05) is 0 Å². The van der Waals surface area contributed by atoms with Gasteiger partial charge in [0.1, 0.15) is 0 Å². The van der Waals surface area contributed by atoms with Crippen molar-refractivity contribution in [2.24, 2.45) is 0 Å². The maximum absolute atomic E-state index is 3.15. The largest absolute Gasteiger partial charge is 0.147 e. The predicted molar refractivity (Wildman–Crippen MR) is 125 cm³/mol. The SMILES string of the molecule is CCCC1=[C]([Hf]([CH3])([CH3])(=[SiH2])[C]2=C(CCC)C=C(CC)C2)CC(CC)=C1.Cl.Cl. The molecule has 0 aliphatic heterocycles. The molecule has 0 N–H and O–H groups in total. The van der Waals surface area contributed by atoms with Gasteiger partial charge in [0.05, 0.1) is 0 Å². The van der Waals surface area contributed by atoms with E-state index in [1.165, 1.54) is 51.4 Å². The van der Waals surface area contributed by atoms with E-state index in [4.69, 9.17) is 0 Å². The Bertz CT molecular complexity index is 648. The van der Waals surface area contributed by atoms with Gasteiger partial charge in [0, 0.05) is 0 Å². The molecule has 0 unspecified atom stereocenters. The monoisotopic (exact) mass is 582 g/mol. The molecule has 0 aromatic rings. The van der Waals surface area contributed by atoms with Gasteiger partial charge in [-0.15, -0.1) is 24.8 Å². The number of hydrogen-bond donors (Lipinski definition) is 0. The van der Waals surface area contributed by atoms with E-state index in [1.807, 2.05) is 6.66 Å². The van der Waals surface area contributed by atoms with E-state index >= 15 is 0 Å². The summed E-state index contributed by atoms with van der Waals surface area (Å²) in [6, 6.07) is 0. The number of hydrogen-bond acceptors (Lipinski definition) is 0. The smallest absolute Gasteiger partial charge is 0.147 e. The summed E-state index contributed by atoms with van der Waals surface area (Å²) in [6.07, 6.45) is 15.3. The van der Waals surface area contributed by atoms with Gasteiger partial charge in [-0.3, -0.25) is 0 Å². The van der Waals surface area contributed by atoms with Crippen LogP contribution in [0.15, 0.2) is 41.1 Å². The molecule has 2 aliphatic rings. The number of allylic oxidation sites excluding steroid dienone is 8. The third-order valence-electron chi connectivity index (χ3n) is 6.22. The Hall–Kier alpha value is 0.627. The first-order chi connectivity index (χ1) is 11.3. The van der Waals surface area contributed by atoms with Gasteiger partial charge in [-0.2, -0.15) is 0 Å². The molecule has 2 aliphatic carbocycles. The van der Waals surface area contributed by atoms with Crippen molar-refractivity contribution in [3.05, 3.63) is 41.1 Å². The summed E-state index contributed by atoms with van der Waals surface area (Å²) in [7, 11) is 0. The standard InChI is InChI=1S/2C10H15.2CH3.2ClH.Hf.H2Si/c2*1-3-5-10-7-6-9(4-2)8-10;;;;;;/h2*8H,3-6H2,1-2H3;2*1H3;2*1H;;1H2. The quantitative estimate of drug-likeness (QED) is 0.257. The van der Waals surface area contributed by atoms with Crippen LogP contribution in [0.1, 0.15) is 79.1 Å². The average molecular weight is 582 g/mol. The summed E-state index contributed by atoms with van der Waals surface area (Å²) in [6.45, 7) is 11.8. The van der Waals surface area contributed by atoms with E-state index in [1.54, 1.807) is 22.3 Å². The zero-order chi connectivity index (χ0) is 18.0. The van der Waals surface area contributed by atoms with Gasteiger partial charge in [-0.05, 0) is 0 Å². The third kappa shape index (κ3) is 5.36. The number of rotatable bonds is 8. The molecule has 2 rings (SSSR count). The molecule has 0 saturated carbocycles. The van der Waals surface area contributed by atoms with Crippen LogP contribution < -0.4 is 0 Å². The van der Waals surface area contributed by atoms with Crippen molar-refractivity contribution >= 4 is 31.8 Å². The Morgan fingerprint density at radius 3 is 1.38 bits per heavy atom. The predicted octanol–water partition coefficient (Wildman–Crippen LogP) is 7.75. The van der Waals surface area contributed by atoms with Gasteiger partial charge < -0.3 is 0 Å². The minimum Gasteiger partial charge on any atom is -0.147 e. The molecule has 0 heterocycles. The van der Waals surface area contributed by atoms with Crippen molar-refractivity contribution in [2.45, 2.75) is 88.4 Å². The van der Waals surface area contributed by atoms with E-state index in [0.717, 1.165) is 0 Å². The van der Waals surface area contributed by atoms with E-state index in [-0.39, 0.29) is 24.8 Å². The van der Waals surface area contributed by atoms with E-state index in [2.05, 4.69) is 56.1 Å². The first kappa shape index (κ1) is 26.6. The molecule has 26 heavy (non-hydrogen) atoms. The summed E-state index contributed by atoms with van der Waals surface area (Å²) >= 11 is -3.15. The second-order valence-corrected chi connectivity index (χ2v) is 49.9. The molecule has 0 saturated heterocycles. The topological polar surface area (TPSA) is 0 Å². The van der Waals surface area contributed by atoms with Crippen molar-refractivity contribution in [3.8, 4) is 0 Å². The minimum absolute atomic E-state index is 0. The van der Waals surface area contributed by atoms with Crippen LogP contribution in [0.25, 0.3) is 0 Å². The zero-order valence-electron chi connectivity index (χ0n) is 17.8. The molecule has 0 aromatic carbocycles. The molecule has 4 heteroatoms. The first-order valence-corrected chi connectivity index (χ1v) is 29.3. The fourth-order valence-corrected chi connectivity index (χ4v) is 26.3. The Kier molecular flexibility index (Phi) is 10.7. The molecular formula is C22H40Cl2HfSi. The maximum Gasteiger partial charge on any atom is -0.147 e. The maximum atomic E-state index is 2.74. The summed E-state index contributed by atoms with van der Waals surface area (Å²) in [5, 5.41) is 0. The fourth-order valence-electron chi connectivity index (χ4n) is 4.67. The van der Waals surface area contributed by atoms with Crippen molar-refractivity contribution in [2.75, 3.05) is 0 Å². The number of halogens is 2. The molecular weight excluding hydrogens is 542 g/mol. The van der Waals surface area contributed by atoms with Gasteiger partial charge in [0.2, 0.25) is 0 Å². The van der Waals surface area contributed by atoms with Crippen molar-refractivity contribution in [1.29, 1.82) is 0 Å². The molecule has 0 nitrogen and oxygen atoms in total. The van der Waals surface area contributed by atoms with Crippen molar-refractivity contribution in [1.82, 2.24) is 0 Å². The average Bonchev–Trinajstić information content (AvgIpc) is 3.12. The van der Waals surface area contributed by atoms with E-state index < -0.39 is 17.1 Å². The van der Waals surface area contributed by atoms with Crippen LogP contribution >= 0.6 is 24.8 Å². The zero-order valence-corrected chi connectivity index (χ0v) is 24.5. The first-order valence-electron chi connectivity index (χ1n) is 10.2. The summed E-state index contributed by atoms with van der Waals surface area (Å²) in [5.41, 5.74) is 6.84. The van der Waals surface area contributed by atoms with Crippen LogP contribution in [-0.4, -0.2) is 6.94 Å². The molecule has 0 radical (unpaired) electrons. The van der Waals surface area contributed by atoms with Crippen molar-refractivity contribution < 1.29 is 17.1 Å². The van der Waals surface area contributed by atoms with Crippen molar-refractivity contribution in [3.63, 3.8) is 0 Å². The van der Waals surface area contributed by atoms with Crippen LogP contribution in [0.4, 0.5) is 0 Å². The normalized spacial score (nSPS) is 17.8. The Balaban J connectivity index is 0.00000312. The second kappa shape index (κ2) is 10.4. The van der Waals surface area contributed by atoms with Crippen LogP contribution in [0, 0.1) is 0 Å². The van der Waals surface area contributed by atoms with Crippen LogP contribution in [0.3, 0.4) is 0 Å². The third-order valence-corrected chi connectivity index (χ3v) is 30.7. The van der Waals surface area contributed by atoms with Crippen LogP contribution in [0.2, 0.25) is 9.36 Å².